The molecule has 0 spiro atoms. The molecule has 17 heavy (non-hydrogen) atoms. The van der Waals surface area contributed by atoms with Crippen LogP contribution in [0, 0.1) is 5.92 Å². The minimum atomic E-state index is 0.284. The predicted molar refractivity (Wildman–Crippen MR) is 76.9 cm³/mol. The zero-order valence-corrected chi connectivity index (χ0v) is 11.7. The van der Waals surface area contributed by atoms with E-state index in [4.69, 9.17) is 0 Å². The van der Waals surface area contributed by atoms with Gasteiger partial charge in [0.25, 0.3) is 0 Å². The van der Waals surface area contributed by atoms with Crippen molar-refractivity contribution in [1.29, 1.82) is 0 Å². The van der Waals surface area contributed by atoms with Crippen LogP contribution in [-0.2, 0) is 6.42 Å². The summed E-state index contributed by atoms with van der Waals surface area (Å²) >= 11 is 3.84. The van der Waals surface area contributed by atoms with Gasteiger partial charge in [-0.15, -0.1) is 11.3 Å². The molecule has 0 aromatic carbocycles. The maximum absolute atomic E-state index is 9.41. The van der Waals surface area contributed by atoms with Crippen LogP contribution in [0.15, 0.2) is 17.5 Å². The monoisotopic (exact) mass is 271 g/mol. The Labute approximate surface area is 112 Å². The highest BCUT2D eigenvalue weighted by molar-refractivity contribution is 7.99. The average molecular weight is 271 g/mol. The number of thiophene rings is 1. The van der Waals surface area contributed by atoms with Crippen molar-refractivity contribution in [2.24, 2.45) is 5.92 Å². The third kappa shape index (κ3) is 4.62. The third-order valence-corrected chi connectivity index (χ3v) is 5.19. The Morgan fingerprint density at radius 2 is 2.24 bits per heavy atom. The van der Waals surface area contributed by atoms with Gasteiger partial charge in [0.05, 0.1) is 0 Å². The normalized spacial score (nSPS) is 19.4. The first-order valence-electron chi connectivity index (χ1n) is 6.33. The number of hydrogen-bond acceptors (Lipinski definition) is 4. The third-order valence-electron chi connectivity index (χ3n) is 3.24. The summed E-state index contributed by atoms with van der Waals surface area (Å²) in [5, 5.41) is 15.1. The van der Waals surface area contributed by atoms with E-state index in [0.717, 1.165) is 13.0 Å². The summed E-state index contributed by atoms with van der Waals surface area (Å²) < 4.78 is 0. The molecule has 1 aromatic heterocycles. The fourth-order valence-corrected chi connectivity index (χ4v) is 4.08. The minimum Gasteiger partial charge on any atom is -0.396 e. The maximum atomic E-state index is 9.41. The van der Waals surface area contributed by atoms with Crippen LogP contribution in [0.2, 0.25) is 0 Å². The van der Waals surface area contributed by atoms with E-state index in [-0.39, 0.29) is 6.61 Å². The number of aliphatic hydroxyl groups excluding tert-OH is 1. The molecular weight excluding hydrogens is 250 g/mol. The van der Waals surface area contributed by atoms with Crippen LogP contribution >= 0.6 is 23.1 Å². The predicted octanol–water partition coefficient (Wildman–Crippen LogP) is 2.38. The standard InChI is InChI=1S/C13H21NOS2/c15-10-11(8-13-2-1-5-17-13)9-14-12-3-6-16-7-4-12/h1-2,5,11-12,14-15H,3-4,6-10H2/t11-/m0/s1. The molecule has 2 nitrogen and oxygen atoms in total. The lowest BCUT2D eigenvalue weighted by Gasteiger charge is -2.25. The molecule has 1 saturated heterocycles. The molecule has 2 N–H and O–H groups in total. The molecule has 4 heteroatoms. The molecule has 1 fully saturated rings. The first kappa shape index (κ1) is 13.4. The van der Waals surface area contributed by atoms with Gasteiger partial charge in [-0.2, -0.15) is 11.8 Å². The van der Waals surface area contributed by atoms with Gasteiger partial charge >= 0.3 is 0 Å². The molecule has 1 atom stereocenters. The van der Waals surface area contributed by atoms with Gasteiger partial charge in [-0.25, -0.2) is 0 Å². The average Bonchev–Trinajstić information content (AvgIpc) is 2.88. The van der Waals surface area contributed by atoms with Crippen LogP contribution in [0.3, 0.4) is 0 Å². The van der Waals surface area contributed by atoms with Crippen molar-refractivity contribution < 1.29 is 5.11 Å². The molecule has 1 aliphatic rings. The SMILES string of the molecule is OC[C@H](CNC1CCSCC1)Cc1cccs1. The number of hydrogen-bond donors (Lipinski definition) is 2. The van der Waals surface area contributed by atoms with Gasteiger partial charge in [0.2, 0.25) is 0 Å². The van der Waals surface area contributed by atoms with Gasteiger partial charge in [0, 0.05) is 24.1 Å². The van der Waals surface area contributed by atoms with E-state index in [9.17, 15) is 5.11 Å². The van der Waals surface area contributed by atoms with Crippen molar-refractivity contribution in [2.45, 2.75) is 25.3 Å². The van der Waals surface area contributed by atoms with Gasteiger partial charge in [-0.05, 0) is 48.1 Å². The minimum absolute atomic E-state index is 0.284. The number of thioether (sulfide) groups is 1. The first-order valence-corrected chi connectivity index (χ1v) is 8.36. The van der Waals surface area contributed by atoms with Gasteiger partial charge in [-0.1, -0.05) is 6.07 Å². The lowest BCUT2D eigenvalue weighted by Crippen LogP contribution is -2.37. The number of nitrogens with one attached hydrogen (secondary N) is 1. The summed E-state index contributed by atoms with van der Waals surface area (Å²) in [7, 11) is 0. The summed E-state index contributed by atoms with van der Waals surface area (Å²) in [5.74, 6) is 2.93. The highest BCUT2D eigenvalue weighted by atomic mass is 32.2. The second-order valence-electron chi connectivity index (χ2n) is 4.63. The van der Waals surface area contributed by atoms with Crippen molar-refractivity contribution in [2.75, 3.05) is 24.7 Å². The molecule has 2 heterocycles. The number of aliphatic hydroxyl groups is 1. The Hall–Kier alpha value is -0.0300. The van der Waals surface area contributed by atoms with E-state index < -0.39 is 0 Å². The zero-order chi connectivity index (χ0) is 11.9. The summed E-state index contributed by atoms with van der Waals surface area (Å²) in [6.07, 6.45) is 3.56. The van der Waals surface area contributed by atoms with Crippen LogP contribution in [0.4, 0.5) is 0 Å². The lowest BCUT2D eigenvalue weighted by molar-refractivity contribution is 0.217. The van der Waals surface area contributed by atoms with Crippen LogP contribution in [0.25, 0.3) is 0 Å². The Bertz CT molecular complexity index is 296. The topological polar surface area (TPSA) is 32.3 Å². The maximum Gasteiger partial charge on any atom is 0.0474 e. The van der Waals surface area contributed by atoms with Crippen LogP contribution in [0.1, 0.15) is 17.7 Å². The fraction of sp³-hybridized carbons (Fsp3) is 0.692. The molecule has 0 saturated carbocycles. The van der Waals surface area contributed by atoms with Crippen LogP contribution in [0.5, 0.6) is 0 Å². The van der Waals surface area contributed by atoms with Gasteiger partial charge in [0.1, 0.15) is 0 Å². The smallest absolute Gasteiger partial charge is 0.0474 e. The summed E-state index contributed by atoms with van der Waals surface area (Å²) in [5.41, 5.74) is 0. The van der Waals surface area contributed by atoms with E-state index in [1.54, 1.807) is 11.3 Å². The lowest BCUT2D eigenvalue weighted by atomic mass is 10.0. The van der Waals surface area contributed by atoms with Gasteiger partial charge in [-0.3, -0.25) is 0 Å². The van der Waals surface area contributed by atoms with Crippen molar-refractivity contribution >= 4 is 23.1 Å². The van der Waals surface area contributed by atoms with Gasteiger partial charge < -0.3 is 10.4 Å². The zero-order valence-electron chi connectivity index (χ0n) is 10.1. The second-order valence-corrected chi connectivity index (χ2v) is 6.88. The van der Waals surface area contributed by atoms with E-state index >= 15 is 0 Å². The quantitative estimate of drug-likeness (QED) is 0.833. The van der Waals surface area contributed by atoms with E-state index in [2.05, 4.69) is 34.6 Å². The molecule has 1 aromatic rings. The van der Waals surface area contributed by atoms with Crippen LogP contribution < -0.4 is 5.32 Å². The second kappa shape index (κ2) is 7.41. The fourth-order valence-electron chi connectivity index (χ4n) is 2.15. The Kier molecular flexibility index (Phi) is 5.85. The van der Waals surface area contributed by atoms with Crippen molar-refractivity contribution in [3.05, 3.63) is 22.4 Å². The van der Waals surface area contributed by atoms with Crippen molar-refractivity contribution in [3.63, 3.8) is 0 Å². The molecule has 0 amide bonds. The molecule has 2 rings (SSSR count). The summed E-state index contributed by atoms with van der Waals surface area (Å²) in [6.45, 7) is 1.23. The highest BCUT2D eigenvalue weighted by Gasteiger charge is 2.15. The van der Waals surface area contributed by atoms with Crippen molar-refractivity contribution in [3.8, 4) is 0 Å². The van der Waals surface area contributed by atoms with Crippen molar-refractivity contribution in [1.82, 2.24) is 5.32 Å². The molecule has 0 aliphatic carbocycles. The van der Waals surface area contributed by atoms with Crippen LogP contribution in [-0.4, -0.2) is 35.8 Å². The Morgan fingerprint density at radius 1 is 1.41 bits per heavy atom. The molecule has 0 radical (unpaired) electrons. The Balaban J connectivity index is 1.71. The molecule has 0 unspecified atom stereocenters. The van der Waals surface area contributed by atoms with E-state index in [0.29, 0.717) is 12.0 Å². The summed E-state index contributed by atoms with van der Waals surface area (Å²) in [4.78, 5) is 1.38. The molecular formula is C13H21NOS2. The largest absolute Gasteiger partial charge is 0.396 e. The van der Waals surface area contributed by atoms with E-state index in [1.807, 2.05) is 0 Å². The molecule has 0 bridgehead atoms. The van der Waals surface area contributed by atoms with Gasteiger partial charge in [0.15, 0.2) is 0 Å². The number of rotatable bonds is 6. The molecule has 96 valence electrons. The first-order chi connectivity index (χ1) is 8.38. The van der Waals surface area contributed by atoms with E-state index in [1.165, 1.54) is 29.2 Å². The Morgan fingerprint density at radius 3 is 2.88 bits per heavy atom. The summed E-state index contributed by atoms with van der Waals surface area (Å²) in [6, 6.07) is 4.92. The highest BCUT2D eigenvalue weighted by Crippen LogP contribution is 2.18. The molecule has 1 aliphatic heterocycles.